The predicted octanol–water partition coefficient (Wildman–Crippen LogP) is 2.80. The molecule has 14 heavy (non-hydrogen) atoms. The Morgan fingerprint density at radius 3 is 2.79 bits per heavy atom. The van der Waals surface area contributed by atoms with E-state index in [-0.39, 0.29) is 5.56 Å². The summed E-state index contributed by atoms with van der Waals surface area (Å²) in [6.45, 7) is 0. The van der Waals surface area contributed by atoms with Gasteiger partial charge in [-0.25, -0.2) is 0 Å². The maximum absolute atomic E-state index is 11.7. The number of pyridine rings is 1. The number of benzene rings is 1. The zero-order chi connectivity index (χ0) is 10.3. The van der Waals surface area contributed by atoms with Crippen molar-refractivity contribution in [1.29, 1.82) is 0 Å². The van der Waals surface area contributed by atoms with Gasteiger partial charge in [0.25, 0.3) is 5.56 Å². The quantitative estimate of drug-likeness (QED) is 0.685. The molecule has 1 heterocycles. The second-order valence-electron chi connectivity index (χ2n) is 3.08. The van der Waals surface area contributed by atoms with Gasteiger partial charge in [0.1, 0.15) is 0 Å². The van der Waals surface area contributed by atoms with Gasteiger partial charge in [-0.15, -0.1) is 0 Å². The van der Waals surface area contributed by atoms with Gasteiger partial charge in [-0.05, 0) is 34.7 Å². The largest absolute Gasteiger partial charge is 0.317 e. The van der Waals surface area contributed by atoms with Gasteiger partial charge in [0.05, 0.1) is 0 Å². The third-order valence-electron chi connectivity index (χ3n) is 2.10. The Kier molecular flexibility index (Phi) is 2.53. The van der Waals surface area contributed by atoms with E-state index in [4.69, 9.17) is 11.6 Å². The average Bonchev–Trinajstić information content (AvgIpc) is 2.14. The van der Waals surface area contributed by atoms with Crippen LogP contribution in [-0.4, -0.2) is 4.57 Å². The Balaban J connectivity index is 3.03. The smallest absolute Gasteiger partial charge is 0.258 e. The second-order valence-corrected chi connectivity index (χ2v) is 4.68. The monoisotopic (exact) mass is 319 g/mol. The van der Waals surface area contributed by atoms with Crippen molar-refractivity contribution in [2.75, 3.05) is 0 Å². The van der Waals surface area contributed by atoms with Gasteiger partial charge in [-0.1, -0.05) is 17.7 Å². The van der Waals surface area contributed by atoms with E-state index in [9.17, 15) is 4.79 Å². The van der Waals surface area contributed by atoms with Gasteiger partial charge in [0.15, 0.2) is 0 Å². The van der Waals surface area contributed by atoms with Crippen LogP contribution in [0.3, 0.4) is 0 Å². The molecule has 0 fully saturated rings. The molecule has 0 aliphatic carbocycles. The minimum absolute atomic E-state index is 0.0112. The first-order valence-corrected chi connectivity index (χ1v) is 5.49. The highest BCUT2D eigenvalue weighted by molar-refractivity contribution is 14.1. The Morgan fingerprint density at radius 2 is 2.07 bits per heavy atom. The second kappa shape index (κ2) is 3.55. The van der Waals surface area contributed by atoms with E-state index in [1.807, 2.05) is 12.3 Å². The summed E-state index contributed by atoms with van der Waals surface area (Å²) in [5, 5.41) is 2.22. The normalized spacial score (nSPS) is 10.8. The van der Waals surface area contributed by atoms with Gasteiger partial charge >= 0.3 is 0 Å². The zero-order valence-electron chi connectivity index (χ0n) is 7.42. The molecule has 4 heteroatoms. The van der Waals surface area contributed by atoms with Crippen molar-refractivity contribution in [2.45, 2.75) is 0 Å². The Hall–Kier alpha value is -0.550. The molecule has 0 saturated carbocycles. The average molecular weight is 320 g/mol. The summed E-state index contributed by atoms with van der Waals surface area (Å²) in [4.78, 5) is 11.7. The lowest BCUT2D eigenvalue weighted by atomic mass is 10.2. The first kappa shape index (κ1) is 9.98. The van der Waals surface area contributed by atoms with E-state index in [1.54, 1.807) is 23.7 Å². The summed E-state index contributed by atoms with van der Waals surface area (Å²) in [5.41, 5.74) is -0.0112. The molecule has 0 unspecified atom stereocenters. The Labute approximate surface area is 99.6 Å². The number of hydrogen-bond donors (Lipinski definition) is 0. The number of halogens is 2. The van der Waals surface area contributed by atoms with Crippen LogP contribution in [0.4, 0.5) is 0 Å². The lowest BCUT2D eigenvalue weighted by Gasteiger charge is -2.04. The van der Waals surface area contributed by atoms with E-state index in [2.05, 4.69) is 22.6 Å². The molecule has 0 saturated heterocycles. The van der Waals surface area contributed by atoms with Gasteiger partial charge in [-0.3, -0.25) is 4.79 Å². The van der Waals surface area contributed by atoms with E-state index in [1.165, 1.54) is 0 Å². The highest BCUT2D eigenvalue weighted by atomic mass is 127. The van der Waals surface area contributed by atoms with E-state index < -0.39 is 0 Å². The summed E-state index contributed by atoms with van der Waals surface area (Å²) >= 11 is 8.05. The minimum atomic E-state index is -0.0112. The molecule has 2 rings (SSSR count). The van der Waals surface area contributed by atoms with Crippen LogP contribution in [0.5, 0.6) is 0 Å². The molecule has 0 aliphatic heterocycles. The number of hydrogen-bond acceptors (Lipinski definition) is 1. The van der Waals surface area contributed by atoms with Crippen LogP contribution in [0.15, 0.2) is 29.2 Å². The molecule has 0 aliphatic rings. The first-order valence-electron chi connectivity index (χ1n) is 4.04. The Bertz CT molecular complexity index is 562. The maximum atomic E-state index is 11.7. The molecule has 0 spiro atoms. The van der Waals surface area contributed by atoms with Crippen LogP contribution < -0.4 is 5.56 Å². The van der Waals surface area contributed by atoms with Gasteiger partial charge in [0, 0.05) is 32.6 Å². The standard InChI is InChI=1S/C10H7ClINO/c1-13-5-9(12)7-3-2-6(11)4-8(7)10(13)14/h2-5H,1H3. The minimum Gasteiger partial charge on any atom is -0.317 e. The molecular formula is C10H7ClINO. The SMILES string of the molecule is Cn1cc(I)c2ccc(Cl)cc2c1=O. The predicted molar refractivity (Wildman–Crippen MR) is 66.9 cm³/mol. The molecule has 2 nitrogen and oxygen atoms in total. The zero-order valence-corrected chi connectivity index (χ0v) is 10.3. The van der Waals surface area contributed by atoms with Crippen molar-refractivity contribution in [3.8, 4) is 0 Å². The summed E-state index contributed by atoms with van der Waals surface area (Å²) < 4.78 is 2.62. The molecule has 1 aromatic carbocycles. The third kappa shape index (κ3) is 1.54. The number of aromatic nitrogens is 1. The van der Waals surface area contributed by atoms with Crippen LogP contribution >= 0.6 is 34.2 Å². The molecule has 72 valence electrons. The highest BCUT2D eigenvalue weighted by Gasteiger charge is 2.04. The summed E-state index contributed by atoms with van der Waals surface area (Å²) in [6, 6.07) is 5.38. The number of rotatable bonds is 0. The molecule has 1 aromatic heterocycles. The van der Waals surface area contributed by atoms with E-state index in [0.717, 1.165) is 8.96 Å². The van der Waals surface area contributed by atoms with E-state index >= 15 is 0 Å². The van der Waals surface area contributed by atoms with Crippen molar-refractivity contribution in [3.05, 3.63) is 43.3 Å². The van der Waals surface area contributed by atoms with Crippen LogP contribution in [0, 0.1) is 3.57 Å². The third-order valence-corrected chi connectivity index (χ3v) is 3.19. The van der Waals surface area contributed by atoms with Gasteiger partial charge in [0.2, 0.25) is 0 Å². The highest BCUT2D eigenvalue weighted by Crippen LogP contribution is 2.20. The van der Waals surface area contributed by atoms with Crippen molar-refractivity contribution in [1.82, 2.24) is 4.57 Å². The lowest BCUT2D eigenvalue weighted by Crippen LogP contribution is -2.16. The summed E-state index contributed by atoms with van der Waals surface area (Å²) in [5.74, 6) is 0. The van der Waals surface area contributed by atoms with E-state index in [0.29, 0.717) is 10.4 Å². The fourth-order valence-corrected chi connectivity index (χ4v) is 2.45. The molecular weight excluding hydrogens is 312 g/mol. The van der Waals surface area contributed by atoms with Crippen LogP contribution in [0.25, 0.3) is 10.8 Å². The first-order chi connectivity index (χ1) is 6.59. The van der Waals surface area contributed by atoms with Crippen LogP contribution in [0.1, 0.15) is 0 Å². The van der Waals surface area contributed by atoms with Gasteiger partial charge in [-0.2, -0.15) is 0 Å². The van der Waals surface area contributed by atoms with Crippen molar-refractivity contribution >= 4 is 45.0 Å². The molecule has 0 N–H and O–H groups in total. The van der Waals surface area contributed by atoms with Crippen molar-refractivity contribution in [3.63, 3.8) is 0 Å². The maximum Gasteiger partial charge on any atom is 0.258 e. The van der Waals surface area contributed by atoms with Crippen LogP contribution in [0.2, 0.25) is 5.02 Å². The number of fused-ring (bicyclic) bond motifs is 1. The summed E-state index contributed by atoms with van der Waals surface area (Å²) in [6.07, 6.45) is 1.82. The number of nitrogens with zero attached hydrogens (tertiary/aromatic N) is 1. The number of aryl methyl sites for hydroxylation is 1. The van der Waals surface area contributed by atoms with Crippen LogP contribution in [-0.2, 0) is 7.05 Å². The topological polar surface area (TPSA) is 22.0 Å². The molecule has 0 radical (unpaired) electrons. The fourth-order valence-electron chi connectivity index (χ4n) is 1.39. The summed E-state index contributed by atoms with van der Waals surface area (Å²) in [7, 11) is 1.74. The lowest BCUT2D eigenvalue weighted by molar-refractivity contribution is 0.868. The fraction of sp³-hybridized carbons (Fsp3) is 0.100. The Morgan fingerprint density at radius 1 is 1.36 bits per heavy atom. The van der Waals surface area contributed by atoms with Gasteiger partial charge < -0.3 is 4.57 Å². The molecule has 0 bridgehead atoms. The molecule has 2 aromatic rings. The molecule has 0 atom stereocenters. The van der Waals surface area contributed by atoms with Crippen molar-refractivity contribution in [2.24, 2.45) is 7.05 Å². The van der Waals surface area contributed by atoms with Crippen molar-refractivity contribution < 1.29 is 0 Å². The molecule has 0 amide bonds.